The molecule has 0 spiro atoms. The molecular formula is C10H16N4O. The molecular weight excluding hydrogens is 192 g/mol. The van der Waals surface area contributed by atoms with Gasteiger partial charge in [-0.25, -0.2) is 9.97 Å². The molecule has 0 bridgehead atoms. The second kappa shape index (κ2) is 4.65. The number of nitrogens with one attached hydrogen (secondary N) is 1. The van der Waals surface area contributed by atoms with Crippen molar-refractivity contribution in [1.29, 1.82) is 0 Å². The van der Waals surface area contributed by atoms with Gasteiger partial charge in [-0.1, -0.05) is 0 Å². The summed E-state index contributed by atoms with van der Waals surface area (Å²) in [6.45, 7) is 2.82. The van der Waals surface area contributed by atoms with Crippen LogP contribution in [-0.4, -0.2) is 22.7 Å². The lowest BCUT2D eigenvalue weighted by molar-refractivity contribution is 0.117. The Balaban J connectivity index is 2.11. The first-order chi connectivity index (χ1) is 7.31. The van der Waals surface area contributed by atoms with Crippen LogP contribution in [0, 0.1) is 5.92 Å². The fraction of sp³-hybridized carbons (Fsp3) is 0.600. The Morgan fingerprint density at radius 1 is 1.53 bits per heavy atom. The van der Waals surface area contributed by atoms with E-state index in [2.05, 4.69) is 22.3 Å². The number of hydrogen-bond acceptors (Lipinski definition) is 5. The predicted octanol–water partition coefficient (Wildman–Crippen LogP) is 0.406. The predicted molar refractivity (Wildman–Crippen MR) is 55.6 cm³/mol. The zero-order valence-electron chi connectivity index (χ0n) is 8.76. The van der Waals surface area contributed by atoms with E-state index in [0.717, 1.165) is 18.6 Å². The molecule has 3 N–H and O–H groups in total. The van der Waals surface area contributed by atoms with E-state index < -0.39 is 0 Å². The van der Waals surface area contributed by atoms with E-state index in [1.54, 1.807) is 12.4 Å². The van der Waals surface area contributed by atoms with Crippen LogP contribution in [0.4, 0.5) is 0 Å². The lowest BCUT2D eigenvalue weighted by atomic mass is 9.93. The summed E-state index contributed by atoms with van der Waals surface area (Å²) in [6.07, 6.45) is 6.44. The SMILES string of the molecule is CC1CC(C(NN)c2cncnc2)CO1. The second-order valence-electron chi connectivity index (χ2n) is 3.96. The van der Waals surface area contributed by atoms with E-state index in [0.29, 0.717) is 12.0 Å². The fourth-order valence-corrected chi connectivity index (χ4v) is 2.06. The summed E-state index contributed by atoms with van der Waals surface area (Å²) in [6, 6.07) is 0.0798. The Labute approximate surface area is 89.0 Å². The van der Waals surface area contributed by atoms with E-state index >= 15 is 0 Å². The minimum atomic E-state index is 0.0798. The zero-order valence-corrected chi connectivity index (χ0v) is 8.76. The molecule has 5 nitrogen and oxygen atoms in total. The molecule has 1 saturated heterocycles. The van der Waals surface area contributed by atoms with Gasteiger partial charge in [0.25, 0.3) is 0 Å². The van der Waals surface area contributed by atoms with Gasteiger partial charge >= 0.3 is 0 Å². The van der Waals surface area contributed by atoms with Gasteiger partial charge in [-0.2, -0.15) is 0 Å². The van der Waals surface area contributed by atoms with Crippen molar-refractivity contribution in [3.8, 4) is 0 Å². The highest BCUT2D eigenvalue weighted by Gasteiger charge is 2.30. The molecule has 3 atom stereocenters. The molecule has 15 heavy (non-hydrogen) atoms. The molecule has 0 radical (unpaired) electrons. The van der Waals surface area contributed by atoms with Crippen molar-refractivity contribution < 1.29 is 4.74 Å². The molecule has 1 aromatic heterocycles. The number of hydrogen-bond donors (Lipinski definition) is 2. The van der Waals surface area contributed by atoms with Crippen LogP contribution in [0.5, 0.6) is 0 Å². The van der Waals surface area contributed by atoms with Crippen LogP contribution in [-0.2, 0) is 4.74 Å². The highest BCUT2D eigenvalue weighted by atomic mass is 16.5. The lowest BCUT2D eigenvalue weighted by Crippen LogP contribution is -2.34. The van der Waals surface area contributed by atoms with Crippen molar-refractivity contribution in [2.75, 3.05) is 6.61 Å². The highest BCUT2D eigenvalue weighted by Crippen LogP contribution is 2.30. The summed E-state index contributed by atoms with van der Waals surface area (Å²) in [5.74, 6) is 5.97. The van der Waals surface area contributed by atoms with Crippen molar-refractivity contribution in [3.05, 3.63) is 24.3 Å². The van der Waals surface area contributed by atoms with Gasteiger partial charge in [-0.15, -0.1) is 0 Å². The smallest absolute Gasteiger partial charge is 0.115 e. The Morgan fingerprint density at radius 2 is 2.27 bits per heavy atom. The molecule has 2 heterocycles. The molecule has 1 aromatic rings. The van der Waals surface area contributed by atoms with Crippen LogP contribution in [0.15, 0.2) is 18.7 Å². The third-order valence-corrected chi connectivity index (χ3v) is 2.82. The highest BCUT2D eigenvalue weighted by molar-refractivity contribution is 5.11. The topological polar surface area (TPSA) is 73.1 Å². The molecule has 1 aliphatic heterocycles. The Kier molecular flexibility index (Phi) is 3.25. The van der Waals surface area contributed by atoms with Gasteiger partial charge in [0.1, 0.15) is 6.33 Å². The number of rotatable bonds is 3. The minimum absolute atomic E-state index is 0.0798. The van der Waals surface area contributed by atoms with E-state index in [1.807, 2.05) is 0 Å². The molecule has 0 aromatic carbocycles. The summed E-state index contributed by atoms with van der Waals surface area (Å²) >= 11 is 0. The molecule has 1 fully saturated rings. The largest absolute Gasteiger partial charge is 0.378 e. The maximum Gasteiger partial charge on any atom is 0.115 e. The van der Waals surface area contributed by atoms with Crippen molar-refractivity contribution in [2.24, 2.45) is 11.8 Å². The first kappa shape index (κ1) is 10.5. The summed E-state index contributed by atoms with van der Waals surface area (Å²) in [5.41, 5.74) is 3.84. The summed E-state index contributed by atoms with van der Waals surface area (Å²) in [7, 11) is 0. The van der Waals surface area contributed by atoms with E-state index in [1.165, 1.54) is 6.33 Å². The molecule has 0 amide bonds. The van der Waals surface area contributed by atoms with Gasteiger partial charge in [0, 0.05) is 23.9 Å². The number of ether oxygens (including phenoxy) is 1. The van der Waals surface area contributed by atoms with Crippen molar-refractivity contribution >= 4 is 0 Å². The van der Waals surface area contributed by atoms with Crippen LogP contribution in [0.25, 0.3) is 0 Å². The molecule has 0 saturated carbocycles. The minimum Gasteiger partial charge on any atom is -0.378 e. The molecule has 2 rings (SSSR count). The first-order valence-corrected chi connectivity index (χ1v) is 5.14. The van der Waals surface area contributed by atoms with Crippen molar-refractivity contribution in [2.45, 2.75) is 25.5 Å². The summed E-state index contributed by atoms with van der Waals surface area (Å²) in [4.78, 5) is 7.99. The number of nitrogens with zero attached hydrogens (tertiary/aromatic N) is 2. The normalized spacial score (nSPS) is 27.9. The molecule has 5 heteroatoms. The summed E-state index contributed by atoms with van der Waals surface area (Å²) in [5, 5.41) is 0. The average Bonchev–Trinajstić information content (AvgIpc) is 2.68. The Bertz CT molecular complexity index is 306. The van der Waals surface area contributed by atoms with E-state index in [9.17, 15) is 0 Å². The molecule has 1 aliphatic rings. The maximum absolute atomic E-state index is 5.57. The fourth-order valence-electron chi connectivity index (χ4n) is 2.06. The average molecular weight is 208 g/mol. The third kappa shape index (κ3) is 2.31. The van der Waals surface area contributed by atoms with Crippen LogP contribution in [0.1, 0.15) is 24.9 Å². The van der Waals surface area contributed by atoms with Crippen molar-refractivity contribution in [1.82, 2.24) is 15.4 Å². The van der Waals surface area contributed by atoms with Gasteiger partial charge in [0.15, 0.2) is 0 Å². The Morgan fingerprint density at radius 3 is 2.80 bits per heavy atom. The van der Waals surface area contributed by atoms with Gasteiger partial charge in [0.2, 0.25) is 0 Å². The Hall–Kier alpha value is -1.04. The number of aromatic nitrogens is 2. The standard InChI is InChI=1S/C10H16N4O/c1-7-2-8(5-15-7)10(14-11)9-3-12-6-13-4-9/h3-4,6-8,10,14H,2,5,11H2,1H3. The third-order valence-electron chi connectivity index (χ3n) is 2.82. The van der Waals surface area contributed by atoms with Gasteiger partial charge in [0.05, 0.1) is 18.8 Å². The van der Waals surface area contributed by atoms with Gasteiger partial charge < -0.3 is 4.74 Å². The zero-order chi connectivity index (χ0) is 10.7. The van der Waals surface area contributed by atoms with Gasteiger partial charge in [-0.3, -0.25) is 11.3 Å². The number of nitrogens with two attached hydrogens (primary N) is 1. The maximum atomic E-state index is 5.57. The lowest BCUT2D eigenvalue weighted by Gasteiger charge is -2.20. The van der Waals surface area contributed by atoms with Crippen LogP contribution in [0.3, 0.4) is 0 Å². The molecule has 0 aliphatic carbocycles. The van der Waals surface area contributed by atoms with E-state index in [4.69, 9.17) is 10.6 Å². The molecule has 3 unspecified atom stereocenters. The van der Waals surface area contributed by atoms with Crippen LogP contribution >= 0.6 is 0 Å². The van der Waals surface area contributed by atoms with Crippen molar-refractivity contribution in [3.63, 3.8) is 0 Å². The van der Waals surface area contributed by atoms with E-state index in [-0.39, 0.29) is 6.04 Å². The second-order valence-corrected chi connectivity index (χ2v) is 3.96. The molecule has 82 valence electrons. The quantitative estimate of drug-likeness (QED) is 0.556. The van der Waals surface area contributed by atoms with Crippen LogP contribution < -0.4 is 11.3 Å². The van der Waals surface area contributed by atoms with Gasteiger partial charge in [-0.05, 0) is 13.3 Å². The first-order valence-electron chi connectivity index (χ1n) is 5.14. The summed E-state index contributed by atoms with van der Waals surface area (Å²) < 4.78 is 5.53. The van der Waals surface area contributed by atoms with Crippen LogP contribution in [0.2, 0.25) is 0 Å². The monoisotopic (exact) mass is 208 g/mol. The number of hydrazine groups is 1.